The van der Waals surface area contributed by atoms with Crippen molar-refractivity contribution in [3.8, 4) is 0 Å². The zero-order chi connectivity index (χ0) is 20.2. The van der Waals surface area contributed by atoms with Gasteiger partial charge in [0.05, 0.1) is 11.1 Å². The molecule has 1 aliphatic rings. The smallest absolute Gasteiger partial charge is 0.244 e. The highest BCUT2D eigenvalue weighted by Crippen LogP contribution is 2.37. The second-order valence-electron chi connectivity index (χ2n) is 7.06. The Bertz CT molecular complexity index is 532. The maximum absolute atomic E-state index is 13.3. The molecule has 0 nitrogen and oxygen atoms in total. The Labute approximate surface area is 149 Å². The van der Waals surface area contributed by atoms with Gasteiger partial charge in [-0.1, -0.05) is 40.0 Å². The van der Waals surface area contributed by atoms with E-state index < -0.39 is 35.1 Å². The Morgan fingerprint density at radius 1 is 0.846 bits per heavy atom. The van der Waals surface area contributed by atoms with Crippen molar-refractivity contribution in [1.29, 1.82) is 0 Å². The van der Waals surface area contributed by atoms with E-state index in [0.717, 1.165) is 37.8 Å². The minimum Gasteiger partial charge on any atom is -0.244 e. The second kappa shape index (κ2) is 8.61. The Morgan fingerprint density at radius 3 is 1.54 bits per heavy atom. The first-order chi connectivity index (χ1) is 11.8. The van der Waals surface area contributed by atoms with Gasteiger partial charge in [0.25, 0.3) is 0 Å². The van der Waals surface area contributed by atoms with Crippen LogP contribution in [0.15, 0.2) is 18.2 Å². The van der Waals surface area contributed by atoms with Crippen LogP contribution in [0.1, 0.15) is 81.9 Å². The van der Waals surface area contributed by atoms with Gasteiger partial charge in [0.2, 0.25) is 0 Å². The van der Waals surface area contributed by atoms with Crippen LogP contribution in [0.3, 0.4) is 0 Å². The molecule has 7 heteroatoms. The molecule has 26 heavy (non-hydrogen) atoms. The zero-order valence-electron chi connectivity index (χ0n) is 15.2. The van der Waals surface area contributed by atoms with Crippen LogP contribution < -0.4 is 0 Å². The van der Waals surface area contributed by atoms with Crippen LogP contribution >= 0.6 is 0 Å². The minimum absolute atomic E-state index is 0.0205. The van der Waals surface area contributed by atoms with Gasteiger partial charge in [-0.3, -0.25) is 0 Å². The fourth-order valence-corrected chi connectivity index (χ4v) is 2.85. The third-order valence-electron chi connectivity index (χ3n) is 4.66. The highest BCUT2D eigenvalue weighted by Gasteiger charge is 2.37. The summed E-state index contributed by atoms with van der Waals surface area (Å²) in [6, 6.07) is 1.63. The molecule has 0 heterocycles. The monoisotopic (exact) mass is 386 g/mol. The van der Waals surface area contributed by atoms with Crippen molar-refractivity contribution in [1.82, 2.24) is 0 Å². The number of rotatable bonds is 2. The van der Waals surface area contributed by atoms with Crippen molar-refractivity contribution in [2.45, 2.75) is 83.2 Å². The van der Waals surface area contributed by atoms with Crippen molar-refractivity contribution >= 4 is 0 Å². The Hall–Kier alpha value is -1.27. The molecule has 0 aliphatic heterocycles. The van der Waals surface area contributed by atoms with Crippen LogP contribution in [0, 0.1) is 0 Å². The van der Waals surface area contributed by atoms with E-state index in [1.54, 1.807) is 0 Å². The quantitative estimate of drug-likeness (QED) is 0.453. The molecule has 1 aromatic rings. The van der Waals surface area contributed by atoms with E-state index in [2.05, 4.69) is 0 Å². The number of alkyl halides is 7. The van der Waals surface area contributed by atoms with E-state index in [-0.39, 0.29) is 11.6 Å². The van der Waals surface area contributed by atoms with Crippen LogP contribution in [0.25, 0.3) is 0 Å². The minimum atomic E-state index is -4.77. The van der Waals surface area contributed by atoms with Gasteiger partial charge in [0, 0.05) is 0 Å². The average Bonchev–Trinajstić information content (AvgIpc) is 2.54. The lowest BCUT2D eigenvalue weighted by Crippen LogP contribution is -2.24. The summed E-state index contributed by atoms with van der Waals surface area (Å²) in [6.07, 6.45) is -3.77. The summed E-state index contributed by atoms with van der Waals surface area (Å²) >= 11 is 0. The number of halogens is 7. The fraction of sp³-hybridized carbons (Fsp3) is 0.684. The lowest BCUT2D eigenvalue weighted by atomic mass is 9.85. The summed E-state index contributed by atoms with van der Waals surface area (Å²) in [5.41, 5.74) is -3.29. The Balaban J connectivity index is 0.000000314. The molecule has 2 rings (SSSR count). The maximum Gasteiger partial charge on any atom is 0.416 e. The molecule has 1 saturated carbocycles. The number of hydrogen-bond donors (Lipinski definition) is 0. The highest BCUT2D eigenvalue weighted by molar-refractivity contribution is 5.35. The van der Waals surface area contributed by atoms with Crippen molar-refractivity contribution in [2.24, 2.45) is 0 Å². The summed E-state index contributed by atoms with van der Waals surface area (Å²) in [4.78, 5) is 0. The normalized spacial score (nSPS) is 17.7. The molecule has 0 atom stereocenters. The van der Waals surface area contributed by atoms with Crippen LogP contribution in [-0.4, -0.2) is 5.67 Å². The van der Waals surface area contributed by atoms with Crippen LogP contribution in [0.4, 0.5) is 30.7 Å². The van der Waals surface area contributed by atoms with Crippen molar-refractivity contribution in [3.63, 3.8) is 0 Å². The lowest BCUT2D eigenvalue weighted by molar-refractivity contribution is -0.143. The largest absolute Gasteiger partial charge is 0.416 e. The molecule has 1 fully saturated rings. The third kappa shape index (κ3) is 6.80. The van der Waals surface area contributed by atoms with E-state index in [9.17, 15) is 30.7 Å². The van der Waals surface area contributed by atoms with Gasteiger partial charge < -0.3 is 0 Å². The lowest BCUT2D eigenvalue weighted by Gasteiger charge is -2.27. The van der Waals surface area contributed by atoms with E-state index in [0.29, 0.717) is 6.42 Å². The molecule has 0 radical (unpaired) electrons. The van der Waals surface area contributed by atoms with Gasteiger partial charge in [-0.15, -0.1) is 0 Å². The molecular formula is C19H25F7. The van der Waals surface area contributed by atoms with Crippen LogP contribution in [-0.2, 0) is 12.4 Å². The molecule has 0 unspecified atom stereocenters. The third-order valence-corrected chi connectivity index (χ3v) is 4.66. The molecule has 0 spiro atoms. The first-order valence-electron chi connectivity index (χ1n) is 8.77. The summed E-state index contributed by atoms with van der Waals surface area (Å²) < 4.78 is 87.9. The first-order valence-corrected chi connectivity index (χ1v) is 8.77. The van der Waals surface area contributed by atoms with Crippen LogP contribution in [0.5, 0.6) is 0 Å². The van der Waals surface area contributed by atoms with E-state index in [1.807, 2.05) is 6.92 Å². The van der Waals surface area contributed by atoms with Crippen molar-refractivity contribution in [2.75, 3.05) is 0 Å². The summed E-state index contributed by atoms with van der Waals surface area (Å²) in [7, 11) is 0. The van der Waals surface area contributed by atoms with Gasteiger partial charge in [-0.25, -0.2) is 4.39 Å². The standard InChI is InChI=1S/C11H10F6.C8H15F/c1-6(2)7-3-8(10(12,13)14)5-9(4-7)11(15,16)17;1-2-8(9)6-4-3-5-7-8/h3-6H,1-2H3;2-7H2,1H3. The predicted octanol–water partition coefficient (Wildman–Crippen LogP) is 7.92. The Morgan fingerprint density at radius 2 is 1.27 bits per heavy atom. The molecule has 1 aromatic carbocycles. The zero-order valence-corrected chi connectivity index (χ0v) is 15.2. The molecule has 0 N–H and O–H groups in total. The second-order valence-corrected chi connectivity index (χ2v) is 7.06. The van der Waals surface area contributed by atoms with Crippen molar-refractivity contribution in [3.05, 3.63) is 34.9 Å². The van der Waals surface area contributed by atoms with Gasteiger partial charge in [-0.05, 0) is 48.9 Å². The molecule has 0 amide bonds. The average molecular weight is 386 g/mol. The fourth-order valence-electron chi connectivity index (χ4n) is 2.85. The van der Waals surface area contributed by atoms with Gasteiger partial charge in [-0.2, -0.15) is 26.3 Å². The van der Waals surface area contributed by atoms with Gasteiger partial charge in [0.15, 0.2) is 0 Å². The summed E-state index contributed by atoms with van der Waals surface area (Å²) in [5, 5.41) is 0. The van der Waals surface area contributed by atoms with Crippen LogP contribution in [0.2, 0.25) is 0 Å². The first kappa shape index (κ1) is 22.8. The highest BCUT2D eigenvalue weighted by atomic mass is 19.4. The SMILES string of the molecule is CC(C)c1cc(C(F)(F)F)cc(C(F)(F)F)c1.CCC1(F)CCCCC1. The number of hydrogen-bond acceptors (Lipinski definition) is 0. The molecule has 0 aromatic heterocycles. The topological polar surface area (TPSA) is 0 Å². The Kier molecular flexibility index (Phi) is 7.54. The van der Waals surface area contributed by atoms with Gasteiger partial charge >= 0.3 is 12.4 Å². The van der Waals surface area contributed by atoms with E-state index in [4.69, 9.17) is 0 Å². The maximum atomic E-state index is 13.3. The van der Waals surface area contributed by atoms with Gasteiger partial charge in [0.1, 0.15) is 5.67 Å². The number of benzene rings is 1. The van der Waals surface area contributed by atoms with E-state index >= 15 is 0 Å². The predicted molar refractivity (Wildman–Crippen MR) is 87.8 cm³/mol. The van der Waals surface area contributed by atoms with E-state index in [1.165, 1.54) is 20.3 Å². The van der Waals surface area contributed by atoms with Crippen molar-refractivity contribution < 1.29 is 30.7 Å². The summed E-state index contributed by atoms with van der Waals surface area (Å²) in [6.45, 7) is 5.02. The molecule has 1 aliphatic carbocycles. The molecule has 0 saturated heterocycles. The summed E-state index contributed by atoms with van der Waals surface area (Å²) in [5.74, 6) is -0.404. The molecule has 150 valence electrons. The molecule has 0 bridgehead atoms. The molecular weight excluding hydrogens is 361 g/mol.